The van der Waals surface area contributed by atoms with Crippen molar-refractivity contribution in [2.45, 2.75) is 38.1 Å². The Kier molecular flexibility index (Phi) is 4.11. The predicted octanol–water partition coefficient (Wildman–Crippen LogP) is 4.49. The minimum absolute atomic E-state index is 0.213. The molecule has 156 valence electrons. The van der Waals surface area contributed by atoms with E-state index in [0.717, 1.165) is 40.8 Å². The molecule has 0 atom stereocenters. The van der Waals surface area contributed by atoms with Gasteiger partial charge in [0, 0.05) is 39.9 Å². The number of rotatable bonds is 5. The van der Waals surface area contributed by atoms with Crippen LogP contribution in [-0.4, -0.2) is 31.8 Å². The van der Waals surface area contributed by atoms with Crippen molar-refractivity contribution in [1.29, 1.82) is 0 Å². The summed E-state index contributed by atoms with van der Waals surface area (Å²) in [5.74, 6) is 1.46. The Hall–Kier alpha value is -3.26. The second kappa shape index (κ2) is 6.88. The molecule has 6 rings (SSSR count). The van der Waals surface area contributed by atoms with E-state index >= 15 is 0 Å². The van der Waals surface area contributed by atoms with Crippen molar-refractivity contribution >= 4 is 22.4 Å². The van der Waals surface area contributed by atoms with Crippen LogP contribution in [0.15, 0.2) is 42.7 Å². The molecule has 1 spiro atoms. The van der Waals surface area contributed by atoms with Crippen molar-refractivity contribution in [3.8, 4) is 17.0 Å². The van der Waals surface area contributed by atoms with Gasteiger partial charge in [0.25, 0.3) is 0 Å². The van der Waals surface area contributed by atoms with E-state index in [9.17, 15) is 0 Å². The summed E-state index contributed by atoms with van der Waals surface area (Å²) < 4.78 is 7.41. The van der Waals surface area contributed by atoms with Gasteiger partial charge in [-0.1, -0.05) is 12.1 Å². The van der Waals surface area contributed by atoms with Crippen LogP contribution in [0.3, 0.4) is 0 Å². The Morgan fingerprint density at radius 1 is 1.16 bits per heavy atom. The minimum Gasteiger partial charge on any atom is -0.497 e. The van der Waals surface area contributed by atoms with Crippen molar-refractivity contribution in [1.82, 2.24) is 24.7 Å². The zero-order valence-electron chi connectivity index (χ0n) is 17.4. The Morgan fingerprint density at radius 2 is 2.00 bits per heavy atom. The molecule has 8 heteroatoms. The zero-order valence-corrected chi connectivity index (χ0v) is 18.2. The second-order valence-electron chi connectivity index (χ2n) is 8.31. The number of hydrogen-bond donors (Lipinski definition) is 1. The van der Waals surface area contributed by atoms with E-state index in [1.807, 2.05) is 31.3 Å². The number of thiazole rings is 1. The first-order valence-electron chi connectivity index (χ1n) is 10.4. The number of nitrogens with one attached hydrogen (secondary N) is 1. The summed E-state index contributed by atoms with van der Waals surface area (Å²) in [4.78, 5) is 15.1. The highest BCUT2D eigenvalue weighted by Crippen LogP contribution is 2.59. The summed E-state index contributed by atoms with van der Waals surface area (Å²) in [5.41, 5.74) is 5.85. The predicted molar refractivity (Wildman–Crippen MR) is 120 cm³/mol. The number of methoxy groups -OCH3 is 1. The van der Waals surface area contributed by atoms with E-state index in [0.29, 0.717) is 5.95 Å². The molecular formula is C23H22N6OS. The summed E-state index contributed by atoms with van der Waals surface area (Å²) in [5, 5.41) is 8.88. The highest BCUT2D eigenvalue weighted by atomic mass is 32.1. The molecule has 0 unspecified atom stereocenters. The van der Waals surface area contributed by atoms with Crippen molar-refractivity contribution < 1.29 is 4.74 Å². The molecule has 2 aliphatic carbocycles. The Bertz CT molecular complexity index is 1270. The molecular weight excluding hydrogens is 408 g/mol. The molecule has 0 saturated heterocycles. The summed E-state index contributed by atoms with van der Waals surface area (Å²) >= 11 is 1.73. The fourth-order valence-electron chi connectivity index (χ4n) is 4.31. The van der Waals surface area contributed by atoms with Crippen molar-refractivity contribution in [3.05, 3.63) is 64.6 Å². The standard InChI is InChI=1S/C23H22N6OS/c1-14-7-10-24-21(26-14)28-22-27-19-17-12-25-29(13-15-3-5-16(30-2)6-4-15)18(17)11-23(8-9-23)20(19)31-22/h3-7,10,12H,8-9,11,13H2,1-2H3,(H,24,26,27,28). The van der Waals surface area contributed by atoms with Crippen LogP contribution in [0.5, 0.6) is 5.75 Å². The quantitative estimate of drug-likeness (QED) is 0.503. The van der Waals surface area contributed by atoms with Gasteiger partial charge < -0.3 is 10.1 Å². The normalized spacial score (nSPS) is 15.4. The molecule has 2 aliphatic rings. The van der Waals surface area contributed by atoms with Gasteiger partial charge in [-0.3, -0.25) is 4.68 Å². The zero-order chi connectivity index (χ0) is 21.0. The third-order valence-corrected chi connectivity index (χ3v) is 7.39. The highest BCUT2D eigenvalue weighted by Gasteiger charge is 2.51. The van der Waals surface area contributed by atoms with Crippen LogP contribution >= 0.6 is 11.3 Å². The number of aromatic nitrogens is 5. The molecule has 0 amide bonds. The molecule has 0 aliphatic heterocycles. The fraction of sp³-hybridized carbons (Fsp3) is 0.304. The van der Waals surface area contributed by atoms with Crippen LogP contribution in [0.25, 0.3) is 11.3 Å². The maximum atomic E-state index is 5.28. The first-order chi connectivity index (χ1) is 15.1. The summed E-state index contributed by atoms with van der Waals surface area (Å²) in [6.45, 7) is 2.71. The lowest BCUT2D eigenvalue weighted by Crippen LogP contribution is -2.19. The van der Waals surface area contributed by atoms with Crippen LogP contribution in [0, 0.1) is 6.92 Å². The highest BCUT2D eigenvalue weighted by molar-refractivity contribution is 7.16. The van der Waals surface area contributed by atoms with E-state index in [-0.39, 0.29) is 5.41 Å². The van der Waals surface area contributed by atoms with Gasteiger partial charge in [0.15, 0.2) is 5.13 Å². The monoisotopic (exact) mass is 430 g/mol. The molecule has 4 aromatic rings. The lowest BCUT2D eigenvalue weighted by Gasteiger charge is -2.22. The number of anilines is 2. The van der Waals surface area contributed by atoms with Gasteiger partial charge >= 0.3 is 0 Å². The summed E-state index contributed by atoms with van der Waals surface area (Å²) in [6.07, 6.45) is 7.17. The van der Waals surface area contributed by atoms with Gasteiger partial charge in [-0.15, -0.1) is 11.3 Å². The molecule has 7 nitrogen and oxygen atoms in total. The van der Waals surface area contributed by atoms with Gasteiger partial charge in [0.2, 0.25) is 5.95 Å². The van der Waals surface area contributed by atoms with Crippen LogP contribution in [0.2, 0.25) is 0 Å². The van der Waals surface area contributed by atoms with Crippen LogP contribution in [0.4, 0.5) is 11.1 Å². The van der Waals surface area contributed by atoms with E-state index in [1.54, 1.807) is 24.6 Å². The van der Waals surface area contributed by atoms with E-state index < -0.39 is 0 Å². The molecule has 3 aromatic heterocycles. The largest absolute Gasteiger partial charge is 0.497 e. The van der Waals surface area contributed by atoms with Crippen molar-refractivity contribution in [2.24, 2.45) is 0 Å². The number of ether oxygens (including phenoxy) is 1. The molecule has 0 bridgehead atoms. The summed E-state index contributed by atoms with van der Waals surface area (Å²) in [7, 11) is 1.69. The topological polar surface area (TPSA) is 77.8 Å². The average molecular weight is 431 g/mol. The molecule has 31 heavy (non-hydrogen) atoms. The first kappa shape index (κ1) is 18.5. The number of hydrogen-bond acceptors (Lipinski definition) is 7. The Labute approximate surface area is 184 Å². The summed E-state index contributed by atoms with van der Waals surface area (Å²) in [6, 6.07) is 10.1. The van der Waals surface area contributed by atoms with Gasteiger partial charge in [0.05, 0.1) is 25.5 Å². The maximum Gasteiger partial charge on any atom is 0.229 e. The smallest absolute Gasteiger partial charge is 0.229 e. The third-order valence-electron chi connectivity index (χ3n) is 6.18. The molecule has 1 saturated carbocycles. The number of benzene rings is 1. The SMILES string of the molecule is COc1ccc(Cn2ncc3c2CC2(CC2)c2sc(Nc4nccc(C)n4)nc2-3)cc1. The molecule has 3 heterocycles. The average Bonchev–Trinajstić information content (AvgIpc) is 3.23. The van der Waals surface area contributed by atoms with Gasteiger partial charge in [-0.25, -0.2) is 15.0 Å². The van der Waals surface area contributed by atoms with Gasteiger partial charge in [0.1, 0.15) is 5.75 Å². The van der Waals surface area contributed by atoms with Crippen LogP contribution < -0.4 is 10.1 Å². The third kappa shape index (κ3) is 3.18. The first-order valence-corrected chi connectivity index (χ1v) is 11.2. The second-order valence-corrected chi connectivity index (χ2v) is 9.31. The number of aryl methyl sites for hydroxylation is 1. The number of nitrogens with zero attached hydrogens (tertiary/aromatic N) is 5. The number of fused-ring (bicyclic) bond motifs is 4. The maximum absolute atomic E-state index is 5.28. The fourth-order valence-corrected chi connectivity index (χ4v) is 5.53. The molecule has 1 fully saturated rings. The van der Waals surface area contributed by atoms with Crippen LogP contribution in [0.1, 0.15) is 34.7 Å². The van der Waals surface area contributed by atoms with Crippen molar-refractivity contribution in [2.75, 3.05) is 12.4 Å². The Balaban J connectivity index is 1.34. The van der Waals surface area contributed by atoms with Gasteiger partial charge in [-0.05, 0) is 43.5 Å². The van der Waals surface area contributed by atoms with Crippen LogP contribution in [-0.2, 0) is 18.4 Å². The molecule has 1 aromatic carbocycles. The Morgan fingerprint density at radius 3 is 2.74 bits per heavy atom. The van der Waals surface area contributed by atoms with E-state index in [4.69, 9.17) is 14.8 Å². The lowest BCUT2D eigenvalue weighted by atomic mass is 9.87. The van der Waals surface area contributed by atoms with E-state index in [1.165, 1.54) is 29.0 Å². The lowest BCUT2D eigenvalue weighted by molar-refractivity contribution is 0.414. The minimum atomic E-state index is 0.213. The molecule has 0 radical (unpaired) electrons. The van der Waals surface area contributed by atoms with Gasteiger partial charge in [-0.2, -0.15) is 5.10 Å². The molecule has 1 N–H and O–H groups in total. The van der Waals surface area contributed by atoms with Crippen molar-refractivity contribution in [3.63, 3.8) is 0 Å². The van der Waals surface area contributed by atoms with E-state index in [2.05, 4.69) is 32.1 Å².